The van der Waals surface area contributed by atoms with Crippen LogP contribution in [0.3, 0.4) is 0 Å². The molecule has 0 radical (unpaired) electrons. The van der Waals surface area contributed by atoms with E-state index in [1.54, 1.807) is 18.4 Å². The highest BCUT2D eigenvalue weighted by molar-refractivity contribution is 7.09. The zero-order chi connectivity index (χ0) is 17.0. The topological polar surface area (TPSA) is 41.9 Å². The van der Waals surface area contributed by atoms with Crippen LogP contribution in [0.2, 0.25) is 0 Å². The van der Waals surface area contributed by atoms with E-state index in [1.165, 1.54) is 4.88 Å². The van der Waals surface area contributed by atoms with E-state index in [9.17, 15) is 5.11 Å². The first kappa shape index (κ1) is 19.1. The van der Waals surface area contributed by atoms with Crippen molar-refractivity contribution in [2.45, 2.75) is 25.7 Å². The molecule has 0 aliphatic heterocycles. The molecule has 2 aromatic rings. The highest BCUT2D eigenvalue weighted by atomic mass is 32.1. The van der Waals surface area contributed by atoms with Gasteiger partial charge in [-0.05, 0) is 23.4 Å². The van der Waals surface area contributed by atoms with Gasteiger partial charge in [-0.15, -0.1) is 11.3 Å². The molecular weight excluding hydrogens is 322 g/mol. The maximum Gasteiger partial charge on any atom is 0.0900 e. The number of benzene rings is 1. The van der Waals surface area contributed by atoms with Gasteiger partial charge in [-0.3, -0.25) is 4.90 Å². The lowest BCUT2D eigenvalue weighted by molar-refractivity contribution is 0.00754. The van der Waals surface area contributed by atoms with E-state index in [4.69, 9.17) is 9.47 Å². The van der Waals surface area contributed by atoms with Crippen LogP contribution in [0.4, 0.5) is 0 Å². The quantitative estimate of drug-likeness (QED) is 0.598. The monoisotopic (exact) mass is 349 g/mol. The Hall–Kier alpha value is -1.24. The Morgan fingerprint density at radius 2 is 2.00 bits per heavy atom. The zero-order valence-electron chi connectivity index (χ0n) is 14.3. The Labute approximate surface area is 148 Å². The minimum atomic E-state index is -0.490. The van der Waals surface area contributed by atoms with Crippen LogP contribution in [0, 0.1) is 0 Å². The molecule has 0 aliphatic rings. The summed E-state index contributed by atoms with van der Waals surface area (Å²) < 4.78 is 10.8. The normalized spacial score (nSPS) is 12.6. The Morgan fingerprint density at radius 1 is 1.17 bits per heavy atom. The van der Waals surface area contributed by atoms with E-state index in [-0.39, 0.29) is 0 Å². The van der Waals surface area contributed by atoms with Gasteiger partial charge < -0.3 is 14.6 Å². The van der Waals surface area contributed by atoms with Crippen molar-refractivity contribution >= 4 is 11.3 Å². The predicted molar refractivity (Wildman–Crippen MR) is 98.2 cm³/mol. The highest BCUT2D eigenvalue weighted by Crippen LogP contribution is 2.13. The van der Waals surface area contributed by atoms with Crippen LogP contribution in [0.5, 0.6) is 0 Å². The third-order valence-electron chi connectivity index (χ3n) is 3.67. The number of hydrogen-bond donors (Lipinski definition) is 1. The third kappa shape index (κ3) is 7.55. The van der Waals surface area contributed by atoms with Crippen molar-refractivity contribution in [2.24, 2.45) is 0 Å². The van der Waals surface area contributed by atoms with Crippen LogP contribution in [0.1, 0.15) is 16.9 Å². The van der Waals surface area contributed by atoms with E-state index in [0.29, 0.717) is 19.8 Å². The van der Waals surface area contributed by atoms with Gasteiger partial charge >= 0.3 is 0 Å². The van der Waals surface area contributed by atoms with E-state index >= 15 is 0 Å². The molecule has 0 saturated heterocycles. The van der Waals surface area contributed by atoms with E-state index in [2.05, 4.69) is 22.4 Å². The lowest BCUT2D eigenvalue weighted by atomic mass is 10.2. The van der Waals surface area contributed by atoms with Crippen LogP contribution in [0.15, 0.2) is 47.8 Å². The van der Waals surface area contributed by atoms with Gasteiger partial charge in [0, 0.05) is 38.2 Å². The maximum absolute atomic E-state index is 10.3. The largest absolute Gasteiger partial charge is 0.389 e. The molecule has 2 rings (SSSR count). The lowest BCUT2D eigenvalue weighted by Crippen LogP contribution is -2.35. The molecule has 1 aromatic carbocycles. The van der Waals surface area contributed by atoms with Gasteiger partial charge in [-0.25, -0.2) is 0 Å². The van der Waals surface area contributed by atoms with E-state index in [0.717, 1.165) is 31.7 Å². The van der Waals surface area contributed by atoms with Crippen LogP contribution in [-0.2, 0) is 22.6 Å². The number of thiophene rings is 1. The molecule has 0 saturated carbocycles. The molecule has 1 heterocycles. The second-order valence-corrected chi connectivity index (χ2v) is 6.85. The molecule has 5 heteroatoms. The van der Waals surface area contributed by atoms with Crippen molar-refractivity contribution in [2.75, 3.05) is 33.4 Å². The summed E-state index contributed by atoms with van der Waals surface area (Å²) >= 11 is 1.75. The number of aliphatic hydroxyl groups excluding tert-OH is 1. The SMILES string of the molecule is COCCCN(Cc1cccs1)C[C@@H](O)COCc1ccccc1. The molecule has 24 heavy (non-hydrogen) atoms. The second kappa shape index (κ2) is 11.3. The summed E-state index contributed by atoms with van der Waals surface area (Å²) in [6.45, 7) is 3.99. The molecule has 132 valence electrons. The number of methoxy groups -OCH3 is 1. The van der Waals surface area contributed by atoms with Crippen molar-refractivity contribution in [3.8, 4) is 0 Å². The first-order chi connectivity index (χ1) is 11.8. The number of aliphatic hydroxyl groups is 1. The molecule has 0 bridgehead atoms. The van der Waals surface area contributed by atoms with E-state index in [1.807, 2.05) is 30.3 Å². The van der Waals surface area contributed by atoms with Crippen LogP contribution >= 0.6 is 11.3 Å². The van der Waals surface area contributed by atoms with Crippen molar-refractivity contribution in [1.29, 1.82) is 0 Å². The molecule has 0 unspecified atom stereocenters. The summed E-state index contributed by atoms with van der Waals surface area (Å²) in [5.74, 6) is 0. The molecule has 0 aliphatic carbocycles. The highest BCUT2D eigenvalue weighted by Gasteiger charge is 2.13. The Bertz CT molecular complexity index is 533. The van der Waals surface area contributed by atoms with Crippen LogP contribution in [0.25, 0.3) is 0 Å². The van der Waals surface area contributed by atoms with Crippen molar-refractivity contribution in [1.82, 2.24) is 4.90 Å². The summed E-state index contributed by atoms with van der Waals surface area (Å²) in [4.78, 5) is 3.58. The first-order valence-electron chi connectivity index (χ1n) is 8.31. The van der Waals surface area contributed by atoms with Gasteiger partial charge in [0.15, 0.2) is 0 Å². The van der Waals surface area contributed by atoms with Gasteiger partial charge in [-0.1, -0.05) is 36.4 Å². The fourth-order valence-corrected chi connectivity index (χ4v) is 3.27. The van der Waals surface area contributed by atoms with Crippen molar-refractivity contribution < 1.29 is 14.6 Å². The molecule has 0 amide bonds. The van der Waals surface area contributed by atoms with Gasteiger partial charge in [0.05, 0.1) is 19.3 Å². The molecule has 1 aromatic heterocycles. The molecule has 0 spiro atoms. The lowest BCUT2D eigenvalue weighted by Gasteiger charge is -2.24. The number of rotatable bonds is 12. The average molecular weight is 349 g/mol. The second-order valence-electron chi connectivity index (χ2n) is 5.82. The average Bonchev–Trinajstić information content (AvgIpc) is 3.09. The number of hydrogen-bond acceptors (Lipinski definition) is 5. The van der Waals surface area contributed by atoms with Gasteiger partial charge in [0.1, 0.15) is 0 Å². The minimum absolute atomic E-state index is 0.347. The Kier molecular flexibility index (Phi) is 9.02. The Balaban J connectivity index is 1.74. The summed E-state index contributed by atoms with van der Waals surface area (Å²) in [7, 11) is 1.72. The molecule has 1 N–H and O–H groups in total. The minimum Gasteiger partial charge on any atom is -0.389 e. The molecule has 1 atom stereocenters. The smallest absolute Gasteiger partial charge is 0.0900 e. The zero-order valence-corrected chi connectivity index (χ0v) is 15.1. The molecule has 4 nitrogen and oxygen atoms in total. The van der Waals surface area contributed by atoms with Gasteiger partial charge in [-0.2, -0.15) is 0 Å². The predicted octanol–water partition coefficient (Wildman–Crippen LogP) is 3.16. The summed E-state index contributed by atoms with van der Waals surface area (Å²) in [5.41, 5.74) is 1.13. The first-order valence-corrected chi connectivity index (χ1v) is 9.19. The molecular formula is C19H27NO3S. The standard InChI is InChI=1S/C19H27NO3S/c1-22-11-6-10-20(14-19-9-5-12-24-19)13-18(21)16-23-15-17-7-3-2-4-8-17/h2-5,7-9,12,18,21H,6,10-11,13-16H2,1H3/t18-/m1/s1. The Morgan fingerprint density at radius 3 is 2.71 bits per heavy atom. The fourth-order valence-electron chi connectivity index (χ4n) is 2.53. The maximum atomic E-state index is 10.3. The number of ether oxygens (including phenoxy) is 2. The number of nitrogens with zero attached hydrogens (tertiary/aromatic N) is 1. The fraction of sp³-hybridized carbons (Fsp3) is 0.474. The van der Waals surface area contributed by atoms with Crippen molar-refractivity contribution in [3.05, 3.63) is 58.3 Å². The summed E-state index contributed by atoms with van der Waals surface area (Å²) in [6, 6.07) is 14.2. The molecule has 0 fully saturated rings. The third-order valence-corrected chi connectivity index (χ3v) is 4.53. The summed E-state index contributed by atoms with van der Waals surface area (Å²) in [5, 5.41) is 12.4. The van der Waals surface area contributed by atoms with E-state index < -0.39 is 6.10 Å². The van der Waals surface area contributed by atoms with Crippen LogP contribution in [-0.4, -0.2) is 49.5 Å². The van der Waals surface area contributed by atoms with Crippen LogP contribution < -0.4 is 0 Å². The van der Waals surface area contributed by atoms with Gasteiger partial charge in [0.2, 0.25) is 0 Å². The summed E-state index contributed by atoms with van der Waals surface area (Å²) in [6.07, 6.45) is 0.468. The van der Waals surface area contributed by atoms with Crippen molar-refractivity contribution in [3.63, 3.8) is 0 Å². The van der Waals surface area contributed by atoms with Gasteiger partial charge in [0.25, 0.3) is 0 Å².